The fourth-order valence-corrected chi connectivity index (χ4v) is 2.28. The molecule has 0 heterocycles. The van der Waals surface area contributed by atoms with E-state index >= 15 is 0 Å². The highest BCUT2D eigenvalue weighted by Gasteiger charge is 2.27. The summed E-state index contributed by atoms with van der Waals surface area (Å²) >= 11 is 0. The number of hydrogen-bond donors (Lipinski definition) is 2. The number of benzene rings is 2. The highest BCUT2D eigenvalue weighted by molar-refractivity contribution is 5.89. The van der Waals surface area contributed by atoms with Gasteiger partial charge in [0.15, 0.2) is 0 Å². The Balaban J connectivity index is 2.10. The number of rotatable bonds is 3. The van der Waals surface area contributed by atoms with Gasteiger partial charge in [-0.25, -0.2) is 9.18 Å². The maximum atomic E-state index is 12.9. The number of urea groups is 1. The molecule has 2 aromatic carbocycles. The molecule has 22 heavy (non-hydrogen) atoms. The maximum Gasteiger partial charge on any atom is 0.319 e. The van der Waals surface area contributed by atoms with Gasteiger partial charge < -0.3 is 10.6 Å². The SMILES string of the molecule is CC(C)(C)C(NC(=O)Nc1ccc(F)cc1)c1ccccc1. The fourth-order valence-electron chi connectivity index (χ4n) is 2.28. The van der Waals surface area contributed by atoms with Crippen LogP contribution >= 0.6 is 0 Å². The summed E-state index contributed by atoms with van der Waals surface area (Å²) < 4.78 is 12.9. The van der Waals surface area contributed by atoms with E-state index in [1.807, 2.05) is 30.3 Å². The average Bonchev–Trinajstić information content (AvgIpc) is 2.47. The summed E-state index contributed by atoms with van der Waals surface area (Å²) in [4.78, 5) is 12.2. The van der Waals surface area contributed by atoms with Crippen molar-refractivity contribution in [2.45, 2.75) is 26.8 Å². The van der Waals surface area contributed by atoms with E-state index in [9.17, 15) is 9.18 Å². The Hall–Kier alpha value is -2.36. The summed E-state index contributed by atoms with van der Waals surface area (Å²) in [7, 11) is 0. The zero-order valence-corrected chi connectivity index (χ0v) is 13.1. The molecule has 1 unspecified atom stereocenters. The quantitative estimate of drug-likeness (QED) is 0.845. The summed E-state index contributed by atoms with van der Waals surface area (Å²) in [6, 6.07) is 15.1. The van der Waals surface area contributed by atoms with Gasteiger partial charge in [0.05, 0.1) is 6.04 Å². The monoisotopic (exact) mass is 300 g/mol. The molecular formula is C18H21FN2O. The molecule has 2 N–H and O–H groups in total. The van der Waals surface area contributed by atoms with Gasteiger partial charge in [0, 0.05) is 5.69 Å². The van der Waals surface area contributed by atoms with Gasteiger partial charge in [0.1, 0.15) is 5.82 Å². The topological polar surface area (TPSA) is 41.1 Å². The van der Waals surface area contributed by atoms with Crippen LogP contribution in [0.1, 0.15) is 32.4 Å². The van der Waals surface area contributed by atoms with E-state index in [4.69, 9.17) is 0 Å². The lowest BCUT2D eigenvalue weighted by atomic mass is 9.82. The lowest BCUT2D eigenvalue weighted by Gasteiger charge is -2.32. The molecule has 0 aliphatic rings. The van der Waals surface area contributed by atoms with E-state index in [-0.39, 0.29) is 23.3 Å². The predicted molar refractivity (Wildman–Crippen MR) is 87.2 cm³/mol. The number of nitrogens with one attached hydrogen (secondary N) is 2. The van der Waals surface area contributed by atoms with Crippen LogP contribution in [0.25, 0.3) is 0 Å². The first-order chi connectivity index (χ1) is 10.4. The lowest BCUT2D eigenvalue weighted by Crippen LogP contribution is -2.39. The number of carbonyl (C=O) groups excluding carboxylic acids is 1. The molecule has 0 saturated carbocycles. The molecule has 0 saturated heterocycles. The van der Waals surface area contributed by atoms with Gasteiger partial charge in [-0.3, -0.25) is 0 Å². The molecule has 0 aliphatic carbocycles. The first-order valence-electron chi connectivity index (χ1n) is 7.24. The van der Waals surface area contributed by atoms with Crippen LogP contribution in [0, 0.1) is 11.2 Å². The van der Waals surface area contributed by atoms with Crippen molar-refractivity contribution >= 4 is 11.7 Å². The summed E-state index contributed by atoms with van der Waals surface area (Å²) in [5.74, 6) is -0.331. The van der Waals surface area contributed by atoms with E-state index in [0.717, 1.165) is 5.56 Å². The molecule has 2 amide bonds. The van der Waals surface area contributed by atoms with Crippen molar-refractivity contribution in [3.8, 4) is 0 Å². The Morgan fingerprint density at radius 1 is 1.00 bits per heavy atom. The lowest BCUT2D eigenvalue weighted by molar-refractivity contribution is 0.229. The highest BCUT2D eigenvalue weighted by atomic mass is 19.1. The second-order valence-corrected chi connectivity index (χ2v) is 6.32. The number of halogens is 1. The van der Waals surface area contributed by atoms with Gasteiger partial charge in [-0.2, -0.15) is 0 Å². The van der Waals surface area contributed by atoms with Crippen molar-refractivity contribution in [2.75, 3.05) is 5.32 Å². The molecule has 0 radical (unpaired) electrons. The Morgan fingerprint density at radius 2 is 1.59 bits per heavy atom. The molecule has 116 valence electrons. The minimum absolute atomic E-state index is 0.130. The summed E-state index contributed by atoms with van der Waals surface area (Å²) in [6.07, 6.45) is 0. The second-order valence-electron chi connectivity index (χ2n) is 6.32. The van der Waals surface area contributed by atoms with Gasteiger partial charge in [0.25, 0.3) is 0 Å². The fraction of sp³-hybridized carbons (Fsp3) is 0.278. The Bertz CT molecular complexity index is 618. The van der Waals surface area contributed by atoms with Crippen LogP contribution in [-0.4, -0.2) is 6.03 Å². The van der Waals surface area contributed by atoms with Crippen LogP contribution in [-0.2, 0) is 0 Å². The average molecular weight is 300 g/mol. The van der Waals surface area contributed by atoms with Gasteiger partial charge in [-0.05, 0) is 35.2 Å². The first kappa shape index (κ1) is 16.0. The van der Waals surface area contributed by atoms with Crippen LogP contribution in [0.4, 0.5) is 14.9 Å². The van der Waals surface area contributed by atoms with Crippen molar-refractivity contribution in [3.05, 3.63) is 66.0 Å². The van der Waals surface area contributed by atoms with Crippen molar-refractivity contribution in [1.82, 2.24) is 5.32 Å². The molecule has 0 aromatic heterocycles. The van der Waals surface area contributed by atoms with E-state index in [0.29, 0.717) is 5.69 Å². The minimum atomic E-state index is -0.331. The minimum Gasteiger partial charge on any atom is -0.331 e. The number of hydrogen-bond acceptors (Lipinski definition) is 1. The van der Waals surface area contributed by atoms with Crippen molar-refractivity contribution in [2.24, 2.45) is 5.41 Å². The zero-order chi connectivity index (χ0) is 16.2. The second kappa shape index (κ2) is 6.60. The van der Waals surface area contributed by atoms with Crippen LogP contribution in [0.15, 0.2) is 54.6 Å². The number of amides is 2. The van der Waals surface area contributed by atoms with Gasteiger partial charge >= 0.3 is 6.03 Å². The molecule has 4 heteroatoms. The normalized spacial score (nSPS) is 12.5. The maximum absolute atomic E-state index is 12.9. The largest absolute Gasteiger partial charge is 0.331 e. The molecule has 0 aliphatic heterocycles. The van der Waals surface area contributed by atoms with Crippen molar-refractivity contribution < 1.29 is 9.18 Å². The van der Waals surface area contributed by atoms with Gasteiger partial charge in [0.2, 0.25) is 0 Å². The first-order valence-corrected chi connectivity index (χ1v) is 7.24. The smallest absolute Gasteiger partial charge is 0.319 e. The van der Waals surface area contributed by atoms with Crippen molar-refractivity contribution in [1.29, 1.82) is 0 Å². The molecule has 0 fully saturated rings. The van der Waals surface area contributed by atoms with Gasteiger partial charge in [-0.1, -0.05) is 51.1 Å². The van der Waals surface area contributed by atoms with Crippen LogP contribution in [0.2, 0.25) is 0 Å². The van der Waals surface area contributed by atoms with Crippen molar-refractivity contribution in [3.63, 3.8) is 0 Å². The van der Waals surface area contributed by atoms with E-state index in [2.05, 4.69) is 31.4 Å². The summed E-state index contributed by atoms with van der Waals surface area (Å²) in [6.45, 7) is 6.22. The molecule has 3 nitrogen and oxygen atoms in total. The third kappa shape index (κ3) is 4.32. The molecule has 1 atom stereocenters. The van der Waals surface area contributed by atoms with Crippen LogP contribution < -0.4 is 10.6 Å². The summed E-state index contributed by atoms with van der Waals surface area (Å²) in [5, 5.41) is 5.72. The number of anilines is 1. The standard InChI is InChI=1S/C18H21FN2O/c1-18(2,3)16(13-7-5-4-6-8-13)21-17(22)20-15-11-9-14(19)10-12-15/h4-12,16H,1-3H3,(H2,20,21,22). The third-order valence-corrected chi connectivity index (χ3v) is 3.38. The Labute approximate surface area is 130 Å². The number of carbonyl (C=O) groups is 1. The van der Waals surface area contributed by atoms with E-state index in [1.165, 1.54) is 24.3 Å². The van der Waals surface area contributed by atoms with E-state index in [1.54, 1.807) is 0 Å². The third-order valence-electron chi connectivity index (χ3n) is 3.38. The van der Waals surface area contributed by atoms with E-state index < -0.39 is 0 Å². The highest BCUT2D eigenvalue weighted by Crippen LogP contribution is 2.32. The molecule has 2 rings (SSSR count). The Morgan fingerprint density at radius 3 is 2.14 bits per heavy atom. The summed E-state index contributed by atoms with van der Waals surface area (Å²) in [5.41, 5.74) is 1.46. The zero-order valence-electron chi connectivity index (χ0n) is 13.1. The van der Waals surface area contributed by atoms with Crippen LogP contribution in [0.3, 0.4) is 0 Å². The molecular weight excluding hydrogens is 279 g/mol. The molecule has 0 bridgehead atoms. The van der Waals surface area contributed by atoms with Gasteiger partial charge in [-0.15, -0.1) is 0 Å². The predicted octanol–water partition coefficient (Wildman–Crippen LogP) is 4.73. The molecule has 0 spiro atoms. The molecule has 2 aromatic rings. The Kier molecular flexibility index (Phi) is 4.81. The van der Waals surface area contributed by atoms with Crippen LogP contribution in [0.5, 0.6) is 0 Å².